The standard InChI is InChI=1S/C43H80NO7P/c1-3-5-7-9-11-13-15-17-19-20-21-22-24-26-28-30-32-34-36-43(45)51-42(41-50-52(46,47)49-39-37-44)40-48-38-35-33-31-29-27-25-23-18-16-14-12-10-8-6-4-2/h10,12-13,15-16,18-20,42H,3-9,11,14,17,21-41,44H2,1-2H3,(H,46,47)/b12-10-,15-13-,18-16-,20-19-. The van der Waals surface area contributed by atoms with Crippen LogP contribution in [-0.2, 0) is 27.9 Å². The maximum Gasteiger partial charge on any atom is 0.472 e. The van der Waals surface area contributed by atoms with Gasteiger partial charge in [0.05, 0.1) is 19.8 Å². The van der Waals surface area contributed by atoms with E-state index >= 15 is 0 Å². The minimum atomic E-state index is -4.28. The number of hydrogen-bond acceptors (Lipinski definition) is 7. The molecule has 2 unspecified atom stereocenters. The molecular weight excluding hydrogens is 673 g/mol. The van der Waals surface area contributed by atoms with E-state index in [1.54, 1.807) is 0 Å². The van der Waals surface area contributed by atoms with E-state index in [0.717, 1.165) is 64.2 Å². The Morgan fingerprint density at radius 2 is 1.04 bits per heavy atom. The van der Waals surface area contributed by atoms with Crippen LogP contribution in [0.25, 0.3) is 0 Å². The minimum absolute atomic E-state index is 0.0955. The predicted octanol–water partition coefficient (Wildman–Crippen LogP) is 12.4. The summed E-state index contributed by atoms with van der Waals surface area (Å²) in [6.45, 7) is 4.83. The van der Waals surface area contributed by atoms with Gasteiger partial charge in [0.25, 0.3) is 0 Å². The Balaban J connectivity index is 4.08. The van der Waals surface area contributed by atoms with E-state index in [1.165, 1.54) is 96.3 Å². The van der Waals surface area contributed by atoms with E-state index in [-0.39, 0.29) is 32.3 Å². The van der Waals surface area contributed by atoms with Crippen molar-refractivity contribution in [2.75, 3.05) is 33.0 Å². The molecule has 0 amide bonds. The van der Waals surface area contributed by atoms with Crippen LogP contribution in [0.2, 0.25) is 0 Å². The summed E-state index contributed by atoms with van der Waals surface area (Å²) in [5, 5.41) is 0. The molecule has 0 fully saturated rings. The van der Waals surface area contributed by atoms with E-state index in [0.29, 0.717) is 13.0 Å². The summed E-state index contributed by atoms with van der Waals surface area (Å²) in [7, 11) is -4.28. The first kappa shape index (κ1) is 50.5. The Labute approximate surface area is 320 Å². The van der Waals surface area contributed by atoms with Crippen molar-refractivity contribution in [2.45, 2.75) is 187 Å². The van der Waals surface area contributed by atoms with Gasteiger partial charge in [0.15, 0.2) is 0 Å². The van der Waals surface area contributed by atoms with Gasteiger partial charge in [-0.3, -0.25) is 13.8 Å². The number of ether oxygens (including phenoxy) is 2. The Kier molecular flexibility index (Phi) is 39.4. The molecule has 0 heterocycles. The number of hydrogen-bond donors (Lipinski definition) is 2. The molecule has 0 saturated heterocycles. The molecule has 0 aromatic heterocycles. The maximum atomic E-state index is 12.6. The molecule has 0 aromatic carbocycles. The van der Waals surface area contributed by atoms with Crippen LogP contribution in [0.5, 0.6) is 0 Å². The van der Waals surface area contributed by atoms with Crippen molar-refractivity contribution in [3.63, 3.8) is 0 Å². The zero-order valence-electron chi connectivity index (χ0n) is 33.5. The Morgan fingerprint density at radius 1 is 0.577 bits per heavy atom. The zero-order chi connectivity index (χ0) is 38.1. The number of phosphoric acid groups is 1. The number of esters is 1. The van der Waals surface area contributed by atoms with Crippen LogP contribution in [0.4, 0.5) is 0 Å². The number of allylic oxidation sites excluding steroid dienone is 8. The smallest absolute Gasteiger partial charge is 0.457 e. The summed E-state index contributed by atoms with van der Waals surface area (Å²) in [4.78, 5) is 22.5. The van der Waals surface area contributed by atoms with E-state index in [2.05, 4.69) is 62.5 Å². The number of unbranched alkanes of at least 4 members (excludes halogenated alkanes) is 19. The molecule has 9 heteroatoms. The molecule has 0 aromatic rings. The molecular formula is C43H80NO7P. The molecule has 0 saturated carbocycles. The summed E-state index contributed by atoms with van der Waals surface area (Å²) in [6.07, 6.45) is 46.9. The van der Waals surface area contributed by atoms with Crippen molar-refractivity contribution in [3.8, 4) is 0 Å². The van der Waals surface area contributed by atoms with Gasteiger partial charge in [-0.05, 0) is 70.6 Å². The number of rotatable bonds is 40. The van der Waals surface area contributed by atoms with Gasteiger partial charge in [-0.1, -0.05) is 152 Å². The van der Waals surface area contributed by atoms with E-state index < -0.39 is 13.9 Å². The quantitative estimate of drug-likeness (QED) is 0.0275. The molecule has 304 valence electrons. The molecule has 3 N–H and O–H groups in total. The van der Waals surface area contributed by atoms with Gasteiger partial charge in [0.2, 0.25) is 0 Å². The first-order valence-electron chi connectivity index (χ1n) is 21.1. The molecule has 0 rings (SSSR count). The number of nitrogens with two attached hydrogens (primary N) is 1. The molecule has 8 nitrogen and oxygen atoms in total. The second kappa shape index (κ2) is 40.6. The van der Waals surface area contributed by atoms with Crippen molar-refractivity contribution < 1.29 is 32.8 Å². The Morgan fingerprint density at radius 3 is 1.56 bits per heavy atom. The monoisotopic (exact) mass is 754 g/mol. The second-order valence-electron chi connectivity index (χ2n) is 13.8. The fourth-order valence-corrected chi connectivity index (χ4v) is 6.34. The van der Waals surface area contributed by atoms with Crippen molar-refractivity contribution in [1.82, 2.24) is 0 Å². The Hall–Kier alpha value is -1.54. The molecule has 52 heavy (non-hydrogen) atoms. The molecule has 0 aliphatic heterocycles. The molecule has 0 radical (unpaired) electrons. The average molecular weight is 754 g/mol. The molecule has 2 atom stereocenters. The highest BCUT2D eigenvalue weighted by Gasteiger charge is 2.25. The average Bonchev–Trinajstić information content (AvgIpc) is 3.13. The number of carbonyl (C=O) groups excluding carboxylic acids is 1. The lowest BCUT2D eigenvalue weighted by Gasteiger charge is -2.20. The highest BCUT2D eigenvalue weighted by Crippen LogP contribution is 2.43. The van der Waals surface area contributed by atoms with Gasteiger partial charge in [0, 0.05) is 19.6 Å². The van der Waals surface area contributed by atoms with Crippen LogP contribution >= 0.6 is 7.82 Å². The first-order chi connectivity index (χ1) is 25.4. The van der Waals surface area contributed by atoms with Gasteiger partial charge < -0.3 is 20.1 Å². The van der Waals surface area contributed by atoms with Crippen LogP contribution in [0, 0.1) is 0 Å². The third-order valence-corrected chi connectivity index (χ3v) is 9.70. The van der Waals surface area contributed by atoms with Crippen LogP contribution in [-0.4, -0.2) is 49.9 Å². The minimum Gasteiger partial charge on any atom is -0.457 e. The van der Waals surface area contributed by atoms with Crippen molar-refractivity contribution in [2.24, 2.45) is 5.73 Å². The predicted molar refractivity (Wildman–Crippen MR) is 219 cm³/mol. The van der Waals surface area contributed by atoms with Crippen LogP contribution in [0.15, 0.2) is 48.6 Å². The normalized spacial score (nSPS) is 14.0. The Bertz CT molecular complexity index is 936. The summed E-state index contributed by atoms with van der Waals surface area (Å²) in [5.41, 5.74) is 5.36. The van der Waals surface area contributed by atoms with Crippen molar-refractivity contribution >= 4 is 13.8 Å². The van der Waals surface area contributed by atoms with Gasteiger partial charge in [-0.15, -0.1) is 0 Å². The fraction of sp³-hybridized carbons (Fsp3) is 0.791. The lowest BCUT2D eigenvalue weighted by atomic mass is 10.1. The molecule has 0 aliphatic rings. The largest absolute Gasteiger partial charge is 0.472 e. The summed E-state index contributed by atoms with van der Waals surface area (Å²) >= 11 is 0. The lowest BCUT2D eigenvalue weighted by molar-refractivity contribution is -0.154. The van der Waals surface area contributed by atoms with Crippen molar-refractivity contribution in [3.05, 3.63) is 48.6 Å². The number of phosphoric ester groups is 1. The fourth-order valence-electron chi connectivity index (χ4n) is 5.57. The van der Waals surface area contributed by atoms with Gasteiger partial charge in [0.1, 0.15) is 6.10 Å². The van der Waals surface area contributed by atoms with E-state index in [1.807, 2.05) is 0 Å². The van der Waals surface area contributed by atoms with Gasteiger partial charge in [-0.25, -0.2) is 4.57 Å². The third-order valence-electron chi connectivity index (χ3n) is 8.72. The van der Waals surface area contributed by atoms with Crippen LogP contribution < -0.4 is 5.73 Å². The first-order valence-corrected chi connectivity index (χ1v) is 22.6. The van der Waals surface area contributed by atoms with Crippen LogP contribution in [0.1, 0.15) is 181 Å². The molecule has 0 aliphatic carbocycles. The summed E-state index contributed by atoms with van der Waals surface area (Å²) < 4.78 is 33.4. The molecule has 0 spiro atoms. The van der Waals surface area contributed by atoms with Gasteiger partial charge in [-0.2, -0.15) is 0 Å². The third kappa shape index (κ3) is 39.7. The topological polar surface area (TPSA) is 117 Å². The summed E-state index contributed by atoms with van der Waals surface area (Å²) in [6, 6.07) is 0. The number of carbonyl (C=O) groups is 1. The molecule has 0 bridgehead atoms. The van der Waals surface area contributed by atoms with E-state index in [9.17, 15) is 14.3 Å². The van der Waals surface area contributed by atoms with Crippen LogP contribution in [0.3, 0.4) is 0 Å². The highest BCUT2D eigenvalue weighted by molar-refractivity contribution is 7.47. The van der Waals surface area contributed by atoms with Crippen molar-refractivity contribution in [1.29, 1.82) is 0 Å². The van der Waals surface area contributed by atoms with Gasteiger partial charge >= 0.3 is 13.8 Å². The highest BCUT2D eigenvalue weighted by atomic mass is 31.2. The zero-order valence-corrected chi connectivity index (χ0v) is 34.4. The lowest BCUT2D eigenvalue weighted by Crippen LogP contribution is -2.28. The maximum absolute atomic E-state index is 12.6. The van der Waals surface area contributed by atoms with E-state index in [4.69, 9.17) is 24.3 Å². The SMILES string of the molecule is CCCC/C=C\C/C=C\CCCCCCCCOCC(COP(=O)(O)OCCN)OC(=O)CCCCCCCCC/C=C\C/C=C\CCCCCC. The second-order valence-corrected chi connectivity index (χ2v) is 15.3. The summed E-state index contributed by atoms with van der Waals surface area (Å²) in [5.74, 6) is -0.343.